The van der Waals surface area contributed by atoms with Gasteiger partial charge in [-0.25, -0.2) is 0 Å². The van der Waals surface area contributed by atoms with Crippen molar-refractivity contribution in [1.82, 2.24) is 10.2 Å². The number of amides is 2. The number of para-hydroxylation sites is 1. The van der Waals surface area contributed by atoms with Gasteiger partial charge in [0, 0.05) is 36.7 Å². The van der Waals surface area contributed by atoms with Crippen molar-refractivity contribution in [3.63, 3.8) is 0 Å². The van der Waals surface area contributed by atoms with Crippen LogP contribution >= 0.6 is 11.3 Å². The number of carbonyl (C=O) groups excluding carboxylic acids is 2. The Morgan fingerprint density at radius 2 is 1.81 bits per heavy atom. The molecule has 0 bridgehead atoms. The number of anilines is 2. The van der Waals surface area contributed by atoms with Gasteiger partial charge in [0.05, 0.1) is 12.1 Å². The Bertz CT molecular complexity index is 841. The average Bonchev–Trinajstić information content (AvgIpc) is 2.91. The molecular formula is C20H26N4O2S. The third kappa shape index (κ3) is 4.74. The average molecular weight is 387 g/mol. The summed E-state index contributed by atoms with van der Waals surface area (Å²) in [6.07, 6.45) is 0. The van der Waals surface area contributed by atoms with E-state index >= 15 is 0 Å². The first-order valence-electron chi connectivity index (χ1n) is 9.15. The van der Waals surface area contributed by atoms with Crippen LogP contribution < -0.4 is 16.0 Å². The summed E-state index contributed by atoms with van der Waals surface area (Å²) in [4.78, 5) is 28.6. The van der Waals surface area contributed by atoms with Gasteiger partial charge in [-0.15, -0.1) is 11.3 Å². The number of hydrogen-bond acceptors (Lipinski definition) is 5. The first-order valence-corrected chi connectivity index (χ1v) is 9.97. The van der Waals surface area contributed by atoms with Crippen LogP contribution in [0.2, 0.25) is 0 Å². The molecule has 0 aliphatic carbocycles. The normalized spacial score (nSPS) is 14.8. The van der Waals surface area contributed by atoms with E-state index in [0.29, 0.717) is 17.1 Å². The largest absolute Gasteiger partial charge is 0.322 e. The van der Waals surface area contributed by atoms with Gasteiger partial charge in [0.1, 0.15) is 5.00 Å². The predicted molar refractivity (Wildman–Crippen MR) is 111 cm³/mol. The summed E-state index contributed by atoms with van der Waals surface area (Å²) in [7, 11) is 0. The number of nitrogens with zero attached hydrogens (tertiary/aromatic N) is 1. The SMILES string of the molecule is Cc1ccccc1NC(=O)c1c(NC(=O)CN2CCNCC2)sc(C)c1C. The number of carbonyl (C=O) groups is 2. The molecule has 0 spiro atoms. The Kier molecular flexibility index (Phi) is 6.26. The number of nitrogens with one attached hydrogen (secondary N) is 3. The molecule has 1 aliphatic heterocycles. The Balaban J connectivity index is 1.74. The molecule has 6 nitrogen and oxygen atoms in total. The molecule has 1 aromatic heterocycles. The lowest BCUT2D eigenvalue weighted by Gasteiger charge is -2.26. The number of thiophene rings is 1. The van der Waals surface area contributed by atoms with E-state index in [-0.39, 0.29) is 11.8 Å². The van der Waals surface area contributed by atoms with Crippen molar-refractivity contribution in [1.29, 1.82) is 0 Å². The van der Waals surface area contributed by atoms with Crippen molar-refractivity contribution >= 4 is 33.8 Å². The van der Waals surface area contributed by atoms with Crippen molar-refractivity contribution in [2.45, 2.75) is 20.8 Å². The second-order valence-electron chi connectivity index (χ2n) is 6.83. The molecule has 1 fully saturated rings. The number of piperazine rings is 1. The summed E-state index contributed by atoms with van der Waals surface area (Å²) in [5.41, 5.74) is 3.24. The lowest BCUT2D eigenvalue weighted by atomic mass is 10.1. The van der Waals surface area contributed by atoms with Crippen molar-refractivity contribution in [2.75, 3.05) is 43.4 Å². The minimum Gasteiger partial charge on any atom is -0.322 e. The van der Waals surface area contributed by atoms with E-state index in [2.05, 4.69) is 20.9 Å². The summed E-state index contributed by atoms with van der Waals surface area (Å²) in [5.74, 6) is -0.272. The van der Waals surface area contributed by atoms with Crippen LogP contribution in [-0.4, -0.2) is 49.4 Å². The maximum absolute atomic E-state index is 12.9. The zero-order valence-corrected chi connectivity index (χ0v) is 16.8. The Hall–Kier alpha value is -2.22. The standard InChI is InChI=1S/C20H26N4O2S/c1-13-6-4-5-7-16(13)22-19(26)18-14(2)15(3)27-20(18)23-17(25)12-24-10-8-21-9-11-24/h4-7,21H,8-12H2,1-3H3,(H,22,26)(H,23,25). The van der Waals surface area contributed by atoms with E-state index in [0.717, 1.165) is 47.9 Å². The van der Waals surface area contributed by atoms with E-state index in [1.54, 1.807) is 0 Å². The van der Waals surface area contributed by atoms with Gasteiger partial charge in [-0.3, -0.25) is 14.5 Å². The zero-order valence-electron chi connectivity index (χ0n) is 16.0. The lowest BCUT2D eigenvalue weighted by Crippen LogP contribution is -2.46. The molecule has 2 aromatic rings. The molecule has 2 amide bonds. The van der Waals surface area contributed by atoms with E-state index in [1.165, 1.54) is 11.3 Å². The molecule has 1 saturated heterocycles. The molecule has 0 saturated carbocycles. The van der Waals surface area contributed by atoms with Gasteiger partial charge in [0.25, 0.3) is 5.91 Å². The predicted octanol–water partition coefficient (Wildman–Crippen LogP) is 2.77. The highest BCUT2D eigenvalue weighted by Gasteiger charge is 2.22. The minimum absolute atomic E-state index is 0.0805. The van der Waals surface area contributed by atoms with Gasteiger partial charge in [-0.05, 0) is 38.0 Å². The second kappa shape index (κ2) is 8.65. The van der Waals surface area contributed by atoms with E-state index in [1.807, 2.05) is 45.0 Å². The van der Waals surface area contributed by atoms with Crippen LogP contribution in [0.4, 0.5) is 10.7 Å². The van der Waals surface area contributed by atoms with Crippen LogP contribution in [-0.2, 0) is 4.79 Å². The first-order chi connectivity index (χ1) is 13.0. The number of benzene rings is 1. The van der Waals surface area contributed by atoms with Crippen molar-refractivity contribution in [3.8, 4) is 0 Å². The molecule has 0 unspecified atom stereocenters. The van der Waals surface area contributed by atoms with Gasteiger partial charge < -0.3 is 16.0 Å². The van der Waals surface area contributed by atoms with E-state index < -0.39 is 0 Å². The Morgan fingerprint density at radius 3 is 2.52 bits per heavy atom. The second-order valence-corrected chi connectivity index (χ2v) is 8.06. The molecule has 0 atom stereocenters. The highest BCUT2D eigenvalue weighted by molar-refractivity contribution is 7.16. The van der Waals surface area contributed by atoms with E-state index in [4.69, 9.17) is 0 Å². The molecule has 3 N–H and O–H groups in total. The summed E-state index contributed by atoms with van der Waals surface area (Å²) >= 11 is 1.45. The highest BCUT2D eigenvalue weighted by atomic mass is 32.1. The highest BCUT2D eigenvalue weighted by Crippen LogP contribution is 2.33. The smallest absolute Gasteiger partial charge is 0.258 e. The first kappa shape index (κ1) is 19.5. The zero-order chi connectivity index (χ0) is 19.4. The van der Waals surface area contributed by atoms with E-state index in [9.17, 15) is 9.59 Å². The molecule has 27 heavy (non-hydrogen) atoms. The molecule has 1 aromatic carbocycles. The van der Waals surface area contributed by atoms with Crippen molar-refractivity contribution < 1.29 is 9.59 Å². The molecule has 0 radical (unpaired) electrons. The fourth-order valence-electron chi connectivity index (χ4n) is 3.12. The van der Waals surface area contributed by atoms with Gasteiger partial charge in [-0.1, -0.05) is 18.2 Å². The molecular weight excluding hydrogens is 360 g/mol. The lowest BCUT2D eigenvalue weighted by molar-refractivity contribution is -0.117. The summed E-state index contributed by atoms with van der Waals surface area (Å²) < 4.78 is 0. The minimum atomic E-state index is -0.191. The molecule has 1 aliphatic rings. The molecule has 144 valence electrons. The van der Waals surface area contributed by atoms with Gasteiger partial charge in [-0.2, -0.15) is 0 Å². The van der Waals surface area contributed by atoms with Gasteiger partial charge >= 0.3 is 0 Å². The van der Waals surface area contributed by atoms with Crippen LogP contribution in [0.25, 0.3) is 0 Å². The quantitative estimate of drug-likeness (QED) is 0.739. The summed E-state index contributed by atoms with van der Waals surface area (Å²) in [6, 6.07) is 7.67. The topological polar surface area (TPSA) is 73.5 Å². The molecule has 7 heteroatoms. The van der Waals surface area contributed by atoms with Crippen LogP contribution in [0.5, 0.6) is 0 Å². The number of aryl methyl sites for hydroxylation is 2. The summed E-state index contributed by atoms with van der Waals surface area (Å²) in [5, 5.41) is 9.83. The fraction of sp³-hybridized carbons (Fsp3) is 0.400. The third-order valence-corrected chi connectivity index (χ3v) is 5.96. The fourth-order valence-corrected chi connectivity index (χ4v) is 4.20. The van der Waals surface area contributed by atoms with Crippen LogP contribution in [0.1, 0.15) is 26.4 Å². The number of rotatable bonds is 5. The molecule has 3 rings (SSSR count). The van der Waals surface area contributed by atoms with Crippen molar-refractivity contribution in [2.24, 2.45) is 0 Å². The van der Waals surface area contributed by atoms with Gasteiger partial charge in [0.15, 0.2) is 0 Å². The third-order valence-electron chi connectivity index (χ3n) is 4.84. The number of hydrogen-bond donors (Lipinski definition) is 3. The summed E-state index contributed by atoms with van der Waals surface area (Å²) in [6.45, 7) is 9.70. The van der Waals surface area contributed by atoms with Crippen LogP contribution in [0.15, 0.2) is 24.3 Å². The van der Waals surface area contributed by atoms with Crippen LogP contribution in [0.3, 0.4) is 0 Å². The Morgan fingerprint density at radius 1 is 1.11 bits per heavy atom. The molecule has 2 heterocycles. The van der Waals surface area contributed by atoms with Crippen molar-refractivity contribution in [3.05, 3.63) is 45.8 Å². The monoisotopic (exact) mass is 386 g/mol. The van der Waals surface area contributed by atoms with Gasteiger partial charge in [0.2, 0.25) is 5.91 Å². The Labute approximate surface area is 164 Å². The maximum Gasteiger partial charge on any atom is 0.258 e. The maximum atomic E-state index is 12.9. The van der Waals surface area contributed by atoms with Crippen LogP contribution in [0, 0.1) is 20.8 Å².